The molecule has 2 aliphatic heterocycles. The molecule has 8 heterocycles. The van der Waals surface area contributed by atoms with Crippen LogP contribution in [-0.2, 0) is 70.2 Å². The Morgan fingerprint density at radius 3 is 0.784 bits per heavy atom. The summed E-state index contributed by atoms with van der Waals surface area (Å²) in [6.45, 7) is 5.42. The standard InChI is InChI=1S/C106H100N6O22/c113-105(133-73-79-27-35-99-103(65-79)129-63-55-121-47-45-117-51-59-125-97-19-3-1-17-95(97)123-57-49-115-41-43-119-53-61-127-99)75-131-101-71-84(34-26-78-23-31-82(32-24-78)86-69-93(89-15-7-11-39-109-89)112-94(70-86)90-16-8-12-40-110-90)102(72-83(101)33-25-77-21-29-81(30-22-77)85-67-91(87-13-5-9-37-107-87)111-92(68-85)88-14-6-10-38-108-88)132-76-106(114)134-74-80-28-36-100-104(66-80)130-64-56-122-48-46-118-52-60-126-98-20-4-2-18-96(98)124-58-50-116-42-44-120-54-62-128-100/h1-24,27-32,35-40,65-72H,41-64,73-76H2. The van der Waals surface area contributed by atoms with Crippen molar-refractivity contribution in [2.24, 2.45) is 0 Å². The van der Waals surface area contributed by atoms with E-state index < -0.39 is 25.2 Å². The second kappa shape index (κ2) is 51.7. The Bertz CT molecular complexity index is 5550. The lowest BCUT2D eigenvalue weighted by atomic mass is 10.0. The van der Waals surface area contributed by atoms with Crippen LogP contribution in [0.25, 0.3) is 67.8 Å². The summed E-state index contributed by atoms with van der Waals surface area (Å²) in [6.07, 6.45) is 6.92. The number of carbonyl (C=O) groups excluding carboxylic acids is 2. The van der Waals surface area contributed by atoms with Crippen molar-refractivity contribution < 1.29 is 104 Å². The fourth-order valence-corrected chi connectivity index (χ4v) is 13.5. The zero-order valence-electron chi connectivity index (χ0n) is 73.9. The van der Waals surface area contributed by atoms with Gasteiger partial charge in [0.1, 0.15) is 77.6 Å². The molecule has 15 rings (SSSR count). The molecule has 0 spiro atoms. The largest absolute Gasteiger partial charge is 0.487 e. The molecule has 28 heteroatoms. The lowest BCUT2D eigenvalue weighted by Crippen LogP contribution is -2.17. The van der Waals surface area contributed by atoms with Gasteiger partial charge in [-0.15, -0.1) is 0 Å². The summed E-state index contributed by atoms with van der Waals surface area (Å²) in [5.74, 6) is 16.1. The normalized spacial score (nSPS) is 14.4. The van der Waals surface area contributed by atoms with Crippen LogP contribution >= 0.6 is 0 Å². The van der Waals surface area contributed by atoms with E-state index in [9.17, 15) is 9.59 Å². The number of esters is 2. The van der Waals surface area contributed by atoms with Crippen molar-refractivity contribution in [2.75, 3.05) is 172 Å². The van der Waals surface area contributed by atoms with Crippen LogP contribution < -0.4 is 47.4 Å². The van der Waals surface area contributed by atoms with Crippen LogP contribution in [0.3, 0.4) is 0 Å². The Labute approximate surface area is 776 Å². The zero-order chi connectivity index (χ0) is 91.4. The molecule has 2 aliphatic rings. The number of ether oxygens (including phenoxy) is 20. The lowest BCUT2D eigenvalue weighted by molar-refractivity contribution is -0.148. The van der Waals surface area contributed by atoms with Crippen LogP contribution in [0.2, 0.25) is 0 Å². The number of aromatic nitrogens is 6. The Kier molecular flexibility index (Phi) is 36.2. The number of hydrogen-bond acceptors (Lipinski definition) is 28. The second-order valence-corrected chi connectivity index (χ2v) is 29.7. The third-order valence-electron chi connectivity index (χ3n) is 20.1. The third-order valence-corrected chi connectivity index (χ3v) is 20.1. The van der Waals surface area contributed by atoms with Crippen molar-refractivity contribution in [3.05, 3.63) is 301 Å². The SMILES string of the molecule is O=C(COc1cc(C#Cc2ccc(-c3cc(-c4ccccn4)nc(-c4ccccn4)c3)cc2)c(OCC(=O)OCc2ccc3c(c2)OCCOCCOCCOc2ccccc2OCCOCCOCCO3)cc1C#Cc1ccc(-c2cc(-c3ccccn3)nc(-c3ccccn3)c2)cc1)OCc1ccc2c(c1)OCCOCCOCCOc1ccccc1OCCOCCOCCO2. The Balaban J connectivity index is 0.688. The number of pyridine rings is 6. The maximum absolute atomic E-state index is 14.2. The Morgan fingerprint density at radius 2 is 0.507 bits per heavy atom. The minimum atomic E-state index is -0.723. The first-order valence-electron chi connectivity index (χ1n) is 44.1. The molecular formula is C106H100N6O22. The average Bonchev–Trinajstić information content (AvgIpc) is 0.805. The van der Waals surface area contributed by atoms with Crippen molar-refractivity contribution in [2.45, 2.75) is 13.2 Å². The number of nitrogens with zero attached hydrogens (tertiary/aromatic N) is 6. The zero-order valence-corrected chi connectivity index (χ0v) is 73.9. The van der Waals surface area contributed by atoms with Crippen molar-refractivity contribution in [3.63, 3.8) is 0 Å². The van der Waals surface area contributed by atoms with Gasteiger partial charge < -0.3 is 94.7 Å². The molecule has 28 nitrogen and oxygen atoms in total. The summed E-state index contributed by atoms with van der Waals surface area (Å²) in [5.41, 5.74) is 11.9. The average molecular weight is 1810 g/mol. The number of rotatable bonds is 16. The summed E-state index contributed by atoms with van der Waals surface area (Å²) in [5, 5.41) is 0. The van der Waals surface area contributed by atoms with Crippen LogP contribution in [0.15, 0.2) is 267 Å². The molecule has 0 saturated heterocycles. The molecule has 0 N–H and O–H groups in total. The molecule has 6 aromatic heterocycles. The molecule has 0 amide bonds. The van der Waals surface area contributed by atoms with Crippen LogP contribution in [0.1, 0.15) is 33.4 Å². The summed E-state index contributed by atoms with van der Waals surface area (Å²) in [6, 6.07) is 74.8. The van der Waals surface area contributed by atoms with E-state index in [-0.39, 0.29) is 88.7 Å². The summed E-state index contributed by atoms with van der Waals surface area (Å²) < 4.78 is 120. The van der Waals surface area contributed by atoms with Gasteiger partial charge in [0.15, 0.2) is 59.2 Å². The van der Waals surface area contributed by atoms with E-state index in [0.717, 1.165) is 22.3 Å². The molecule has 686 valence electrons. The molecule has 7 aromatic carbocycles. The first-order valence-corrected chi connectivity index (χ1v) is 44.1. The van der Waals surface area contributed by atoms with E-state index in [1.165, 1.54) is 0 Å². The minimum Gasteiger partial charge on any atom is -0.487 e. The van der Waals surface area contributed by atoms with Crippen molar-refractivity contribution in [3.8, 4) is 149 Å². The second-order valence-electron chi connectivity index (χ2n) is 29.7. The third kappa shape index (κ3) is 29.6. The van der Waals surface area contributed by atoms with Crippen molar-refractivity contribution in [1.29, 1.82) is 0 Å². The van der Waals surface area contributed by atoms with Crippen LogP contribution in [0.5, 0.6) is 57.5 Å². The number of para-hydroxylation sites is 4. The van der Waals surface area contributed by atoms with Gasteiger partial charge in [-0.25, -0.2) is 19.6 Å². The summed E-state index contributed by atoms with van der Waals surface area (Å²) in [4.78, 5) is 56.9. The fourth-order valence-electron chi connectivity index (χ4n) is 13.5. The fraction of sp³-hybridized carbons (Fsp3) is 0.264. The van der Waals surface area contributed by atoms with Crippen molar-refractivity contribution >= 4 is 11.9 Å². The highest BCUT2D eigenvalue weighted by atomic mass is 16.6. The van der Waals surface area contributed by atoms with Gasteiger partial charge in [0.05, 0.1) is 162 Å². The molecule has 0 aliphatic carbocycles. The number of carbonyl (C=O) groups is 2. The van der Waals surface area contributed by atoms with E-state index in [0.29, 0.717) is 220 Å². The van der Waals surface area contributed by atoms with E-state index >= 15 is 0 Å². The van der Waals surface area contributed by atoms with E-state index in [4.69, 9.17) is 105 Å². The molecule has 0 saturated carbocycles. The molecule has 13 aromatic rings. The Morgan fingerprint density at radius 1 is 0.246 bits per heavy atom. The minimum absolute atomic E-state index is 0.137. The quantitative estimate of drug-likeness (QED) is 0.0641. The molecular weight excluding hydrogens is 1710 g/mol. The van der Waals surface area contributed by atoms with Gasteiger partial charge in [-0.2, -0.15) is 0 Å². The predicted octanol–water partition coefficient (Wildman–Crippen LogP) is 15.7. The van der Waals surface area contributed by atoms with E-state index in [1.807, 2.05) is 194 Å². The van der Waals surface area contributed by atoms with E-state index in [1.54, 1.807) is 73.3 Å². The monoisotopic (exact) mass is 1810 g/mol. The molecule has 0 fully saturated rings. The van der Waals surface area contributed by atoms with E-state index in [2.05, 4.69) is 43.6 Å². The van der Waals surface area contributed by atoms with Gasteiger partial charge in [-0.3, -0.25) is 19.9 Å². The highest BCUT2D eigenvalue weighted by molar-refractivity contribution is 5.78. The molecule has 0 bridgehead atoms. The van der Waals surface area contributed by atoms with Gasteiger partial charge in [0, 0.05) is 48.0 Å². The van der Waals surface area contributed by atoms with Crippen molar-refractivity contribution in [1.82, 2.24) is 29.9 Å². The van der Waals surface area contributed by atoms with Gasteiger partial charge in [-0.1, -0.05) is 109 Å². The first kappa shape index (κ1) is 93.8. The maximum atomic E-state index is 14.2. The number of benzene rings is 7. The topological polar surface area (TPSA) is 296 Å². The number of hydrogen-bond donors (Lipinski definition) is 0. The smallest absolute Gasteiger partial charge is 0.344 e. The molecule has 0 unspecified atom stereocenters. The predicted molar refractivity (Wildman–Crippen MR) is 498 cm³/mol. The molecule has 0 atom stereocenters. The lowest BCUT2D eigenvalue weighted by Gasteiger charge is -2.16. The number of fused-ring (bicyclic) bond motifs is 4. The Hall–Kier alpha value is -14.8. The maximum Gasteiger partial charge on any atom is 0.344 e. The molecule has 0 radical (unpaired) electrons. The van der Waals surface area contributed by atoms with Crippen LogP contribution in [0.4, 0.5) is 0 Å². The summed E-state index contributed by atoms with van der Waals surface area (Å²) >= 11 is 0. The van der Waals surface area contributed by atoms with Gasteiger partial charge in [0.25, 0.3) is 0 Å². The van der Waals surface area contributed by atoms with Gasteiger partial charge in [-0.05, 0) is 179 Å². The van der Waals surface area contributed by atoms with Crippen LogP contribution in [0, 0.1) is 23.7 Å². The summed E-state index contributed by atoms with van der Waals surface area (Å²) in [7, 11) is 0. The van der Waals surface area contributed by atoms with Gasteiger partial charge in [0.2, 0.25) is 0 Å². The van der Waals surface area contributed by atoms with Gasteiger partial charge >= 0.3 is 11.9 Å². The molecule has 134 heavy (non-hydrogen) atoms. The first-order chi connectivity index (χ1) is 66.3. The van der Waals surface area contributed by atoms with Crippen LogP contribution in [-0.4, -0.2) is 214 Å². The highest BCUT2D eigenvalue weighted by Crippen LogP contribution is 2.37. The highest BCUT2D eigenvalue weighted by Gasteiger charge is 2.21.